The Bertz CT molecular complexity index is 128. The van der Waals surface area contributed by atoms with Crippen LogP contribution in [0.5, 0.6) is 0 Å². The first-order chi connectivity index (χ1) is 5.64. The monoisotopic (exact) mass is 171 g/mol. The summed E-state index contributed by atoms with van der Waals surface area (Å²) in [7, 11) is 2.04. The number of ether oxygens (including phenoxy) is 1. The molecule has 2 heteroatoms. The zero-order valence-corrected chi connectivity index (χ0v) is 8.52. The molecule has 1 aliphatic heterocycles. The van der Waals surface area contributed by atoms with Crippen molar-refractivity contribution in [3.8, 4) is 0 Å². The molecule has 1 fully saturated rings. The average Bonchev–Trinajstić information content (AvgIpc) is 2.06. The van der Waals surface area contributed by atoms with Gasteiger partial charge in [-0.2, -0.15) is 0 Å². The highest BCUT2D eigenvalue weighted by atomic mass is 16.5. The minimum absolute atomic E-state index is 0.294. The maximum atomic E-state index is 5.33. The number of hydrogen-bond acceptors (Lipinski definition) is 2. The van der Waals surface area contributed by atoms with E-state index in [0.717, 1.165) is 19.1 Å². The van der Waals surface area contributed by atoms with Crippen LogP contribution in [0.2, 0.25) is 0 Å². The van der Waals surface area contributed by atoms with Crippen molar-refractivity contribution in [3.05, 3.63) is 0 Å². The van der Waals surface area contributed by atoms with Crippen molar-refractivity contribution in [2.45, 2.75) is 38.6 Å². The highest BCUT2D eigenvalue weighted by molar-refractivity contribution is 4.80. The Morgan fingerprint density at radius 3 is 2.42 bits per heavy atom. The lowest BCUT2D eigenvalue weighted by Crippen LogP contribution is -2.39. The first kappa shape index (κ1) is 10.0. The number of hydrogen-bond donors (Lipinski definition) is 1. The molecule has 72 valence electrons. The minimum atomic E-state index is 0.294. The molecule has 0 atom stereocenters. The Hall–Kier alpha value is -0.0800. The summed E-state index contributed by atoms with van der Waals surface area (Å²) in [4.78, 5) is 0. The Morgan fingerprint density at radius 2 is 1.92 bits per heavy atom. The van der Waals surface area contributed by atoms with Crippen LogP contribution in [0.3, 0.4) is 0 Å². The third kappa shape index (κ3) is 3.11. The van der Waals surface area contributed by atoms with E-state index >= 15 is 0 Å². The fourth-order valence-electron chi connectivity index (χ4n) is 1.77. The topological polar surface area (TPSA) is 21.3 Å². The van der Waals surface area contributed by atoms with Crippen LogP contribution in [-0.4, -0.2) is 25.8 Å². The van der Waals surface area contributed by atoms with Crippen molar-refractivity contribution in [1.29, 1.82) is 0 Å². The van der Waals surface area contributed by atoms with Crippen LogP contribution >= 0.6 is 0 Å². The molecule has 0 bridgehead atoms. The maximum Gasteiger partial charge on any atom is 0.0468 e. The smallest absolute Gasteiger partial charge is 0.0468 e. The van der Waals surface area contributed by atoms with Crippen LogP contribution < -0.4 is 5.32 Å². The van der Waals surface area contributed by atoms with Crippen LogP contribution in [-0.2, 0) is 4.74 Å². The summed E-state index contributed by atoms with van der Waals surface area (Å²) in [5, 5.41) is 3.35. The molecule has 0 amide bonds. The Labute approximate surface area is 75.7 Å². The van der Waals surface area contributed by atoms with Gasteiger partial charge < -0.3 is 10.1 Å². The lowest BCUT2D eigenvalue weighted by Gasteiger charge is -2.31. The van der Waals surface area contributed by atoms with Crippen LogP contribution in [0.4, 0.5) is 0 Å². The molecule has 1 rings (SSSR count). The van der Waals surface area contributed by atoms with E-state index in [1.165, 1.54) is 19.3 Å². The lowest BCUT2D eigenvalue weighted by atomic mass is 9.86. The van der Waals surface area contributed by atoms with E-state index in [9.17, 15) is 0 Å². The molecule has 0 aromatic carbocycles. The highest BCUT2D eigenvalue weighted by Gasteiger charge is 2.22. The summed E-state index contributed by atoms with van der Waals surface area (Å²) in [6, 6.07) is 0. The predicted octanol–water partition coefficient (Wildman–Crippen LogP) is 1.80. The van der Waals surface area contributed by atoms with Gasteiger partial charge in [0.25, 0.3) is 0 Å². The summed E-state index contributed by atoms with van der Waals surface area (Å²) in [6.45, 7) is 6.46. The van der Waals surface area contributed by atoms with Gasteiger partial charge in [-0.3, -0.25) is 0 Å². The molecule has 1 aliphatic rings. The van der Waals surface area contributed by atoms with Gasteiger partial charge in [0.15, 0.2) is 0 Å². The van der Waals surface area contributed by atoms with Crippen LogP contribution in [0.15, 0.2) is 0 Å². The van der Waals surface area contributed by atoms with Gasteiger partial charge in [0.05, 0.1) is 0 Å². The Balaban J connectivity index is 2.28. The molecular formula is C10H21NO. The summed E-state index contributed by atoms with van der Waals surface area (Å²) in [6.07, 6.45) is 3.75. The predicted molar refractivity (Wildman–Crippen MR) is 51.3 cm³/mol. The van der Waals surface area contributed by atoms with E-state index in [4.69, 9.17) is 4.74 Å². The second kappa shape index (κ2) is 4.24. The molecule has 1 heterocycles. The molecule has 0 aromatic heterocycles. The Morgan fingerprint density at radius 1 is 1.33 bits per heavy atom. The summed E-state index contributed by atoms with van der Waals surface area (Å²) in [5.74, 6) is 0.862. The molecule has 12 heavy (non-hydrogen) atoms. The van der Waals surface area contributed by atoms with Gasteiger partial charge in [-0.25, -0.2) is 0 Å². The van der Waals surface area contributed by atoms with Gasteiger partial charge in [0, 0.05) is 18.8 Å². The average molecular weight is 171 g/mol. The van der Waals surface area contributed by atoms with Gasteiger partial charge in [0.1, 0.15) is 0 Å². The second-order valence-electron chi connectivity index (χ2n) is 4.39. The normalized spacial score (nSPS) is 21.2. The van der Waals surface area contributed by atoms with Crippen LogP contribution in [0, 0.1) is 5.92 Å². The van der Waals surface area contributed by atoms with E-state index in [1.807, 2.05) is 7.05 Å². The van der Waals surface area contributed by atoms with E-state index in [-0.39, 0.29) is 0 Å². The molecule has 0 saturated carbocycles. The Kier molecular flexibility index (Phi) is 3.53. The third-order valence-corrected chi connectivity index (χ3v) is 2.82. The van der Waals surface area contributed by atoms with Gasteiger partial charge in [0.2, 0.25) is 0 Å². The highest BCUT2D eigenvalue weighted by Crippen LogP contribution is 2.24. The standard InChI is InChI=1S/C10H21NO/c1-10(2,11-3)8-9-4-6-12-7-5-9/h9,11H,4-8H2,1-3H3. The molecular weight excluding hydrogens is 150 g/mol. The molecule has 0 unspecified atom stereocenters. The second-order valence-corrected chi connectivity index (χ2v) is 4.39. The largest absolute Gasteiger partial charge is 0.381 e. The SMILES string of the molecule is CNC(C)(C)CC1CCOCC1. The fraction of sp³-hybridized carbons (Fsp3) is 1.00. The molecule has 1 N–H and O–H groups in total. The van der Waals surface area contributed by atoms with E-state index in [2.05, 4.69) is 19.2 Å². The molecule has 0 aromatic rings. The zero-order valence-electron chi connectivity index (χ0n) is 8.52. The van der Waals surface area contributed by atoms with Crippen molar-refractivity contribution in [2.75, 3.05) is 20.3 Å². The quantitative estimate of drug-likeness (QED) is 0.699. The van der Waals surface area contributed by atoms with Crippen LogP contribution in [0.25, 0.3) is 0 Å². The maximum absolute atomic E-state index is 5.33. The van der Waals surface area contributed by atoms with E-state index in [0.29, 0.717) is 5.54 Å². The third-order valence-electron chi connectivity index (χ3n) is 2.82. The van der Waals surface area contributed by atoms with Crippen LogP contribution in [0.1, 0.15) is 33.1 Å². The molecule has 0 radical (unpaired) electrons. The fourth-order valence-corrected chi connectivity index (χ4v) is 1.77. The number of rotatable bonds is 3. The van der Waals surface area contributed by atoms with Crippen molar-refractivity contribution >= 4 is 0 Å². The van der Waals surface area contributed by atoms with Gasteiger partial charge in [-0.05, 0) is 46.1 Å². The van der Waals surface area contributed by atoms with Gasteiger partial charge in [-0.1, -0.05) is 0 Å². The summed E-state index contributed by atoms with van der Waals surface area (Å²) < 4.78 is 5.33. The van der Waals surface area contributed by atoms with Crippen molar-refractivity contribution in [2.24, 2.45) is 5.92 Å². The van der Waals surface area contributed by atoms with Crippen molar-refractivity contribution in [3.63, 3.8) is 0 Å². The molecule has 2 nitrogen and oxygen atoms in total. The summed E-state index contributed by atoms with van der Waals surface area (Å²) in [5.41, 5.74) is 0.294. The summed E-state index contributed by atoms with van der Waals surface area (Å²) >= 11 is 0. The van der Waals surface area contributed by atoms with E-state index in [1.54, 1.807) is 0 Å². The first-order valence-corrected chi connectivity index (χ1v) is 4.91. The van der Waals surface area contributed by atoms with Gasteiger partial charge >= 0.3 is 0 Å². The minimum Gasteiger partial charge on any atom is -0.381 e. The van der Waals surface area contributed by atoms with Crippen molar-refractivity contribution < 1.29 is 4.74 Å². The zero-order chi connectivity index (χ0) is 9.03. The first-order valence-electron chi connectivity index (χ1n) is 4.91. The van der Waals surface area contributed by atoms with Gasteiger partial charge in [-0.15, -0.1) is 0 Å². The lowest BCUT2D eigenvalue weighted by molar-refractivity contribution is 0.0563. The molecule has 0 spiro atoms. The molecule has 0 aliphatic carbocycles. The number of nitrogens with one attached hydrogen (secondary N) is 1. The van der Waals surface area contributed by atoms with E-state index < -0.39 is 0 Å². The molecule has 1 saturated heterocycles. The van der Waals surface area contributed by atoms with Crippen molar-refractivity contribution in [1.82, 2.24) is 5.32 Å².